The Morgan fingerprint density at radius 1 is 1.24 bits per heavy atom. The average molecular weight is 341 g/mol. The monoisotopic (exact) mass is 341 g/mol. The van der Waals surface area contributed by atoms with E-state index in [0.717, 1.165) is 25.8 Å². The summed E-state index contributed by atoms with van der Waals surface area (Å²) in [6, 6.07) is 7.89. The number of hydrogen-bond donors (Lipinski definition) is 0. The molecular weight excluding hydrogens is 314 g/mol. The van der Waals surface area contributed by atoms with Crippen molar-refractivity contribution in [2.75, 3.05) is 6.54 Å². The number of carbonyl (C=O) groups is 1. The van der Waals surface area contributed by atoms with Crippen molar-refractivity contribution in [2.24, 2.45) is 7.05 Å². The Bertz CT molecular complexity index is 706. The SMILES string of the molecule is CC(C)Oc1ccc(C(=O)N2CCCCC[C@H]2c2cccn2C)cn1. The second-order valence-corrected chi connectivity index (χ2v) is 6.96. The number of amides is 1. The van der Waals surface area contributed by atoms with Crippen molar-refractivity contribution in [1.29, 1.82) is 0 Å². The van der Waals surface area contributed by atoms with Crippen molar-refractivity contribution in [2.45, 2.75) is 51.7 Å². The highest BCUT2D eigenvalue weighted by atomic mass is 16.5. The molecule has 1 amide bonds. The van der Waals surface area contributed by atoms with Crippen LogP contribution >= 0.6 is 0 Å². The Hall–Kier alpha value is -2.30. The minimum Gasteiger partial charge on any atom is -0.475 e. The normalized spacial score (nSPS) is 18.2. The highest BCUT2D eigenvalue weighted by molar-refractivity contribution is 5.94. The first kappa shape index (κ1) is 17.5. The fraction of sp³-hybridized carbons (Fsp3) is 0.500. The fourth-order valence-corrected chi connectivity index (χ4v) is 3.46. The first-order chi connectivity index (χ1) is 12.1. The molecule has 5 heteroatoms. The quantitative estimate of drug-likeness (QED) is 0.845. The molecule has 5 nitrogen and oxygen atoms in total. The summed E-state index contributed by atoms with van der Waals surface area (Å²) in [5.41, 5.74) is 1.82. The lowest BCUT2D eigenvalue weighted by molar-refractivity contribution is 0.0674. The molecule has 0 saturated carbocycles. The van der Waals surface area contributed by atoms with Gasteiger partial charge in [-0.25, -0.2) is 4.98 Å². The molecule has 25 heavy (non-hydrogen) atoms. The van der Waals surface area contributed by atoms with Crippen LogP contribution in [-0.4, -0.2) is 33.0 Å². The summed E-state index contributed by atoms with van der Waals surface area (Å²) in [5, 5.41) is 0. The number of hydrogen-bond acceptors (Lipinski definition) is 3. The summed E-state index contributed by atoms with van der Waals surface area (Å²) >= 11 is 0. The van der Waals surface area contributed by atoms with Gasteiger partial charge in [0.15, 0.2) is 0 Å². The van der Waals surface area contributed by atoms with E-state index in [1.54, 1.807) is 12.3 Å². The second kappa shape index (κ2) is 7.72. The van der Waals surface area contributed by atoms with Crippen molar-refractivity contribution < 1.29 is 9.53 Å². The van der Waals surface area contributed by atoms with Crippen LogP contribution in [0, 0.1) is 0 Å². The third-order valence-electron chi connectivity index (χ3n) is 4.68. The highest BCUT2D eigenvalue weighted by Gasteiger charge is 2.29. The van der Waals surface area contributed by atoms with Gasteiger partial charge < -0.3 is 14.2 Å². The smallest absolute Gasteiger partial charge is 0.255 e. The number of ether oxygens (including phenoxy) is 1. The van der Waals surface area contributed by atoms with Crippen molar-refractivity contribution >= 4 is 5.91 Å². The van der Waals surface area contributed by atoms with Gasteiger partial charge in [0, 0.05) is 37.7 Å². The van der Waals surface area contributed by atoms with Gasteiger partial charge in [-0.2, -0.15) is 0 Å². The lowest BCUT2D eigenvalue weighted by Gasteiger charge is -2.30. The molecular formula is C20H27N3O2. The van der Waals surface area contributed by atoms with Crippen LogP contribution in [0.5, 0.6) is 5.88 Å². The molecule has 3 rings (SSSR count). The van der Waals surface area contributed by atoms with E-state index >= 15 is 0 Å². The summed E-state index contributed by atoms with van der Waals surface area (Å²) < 4.78 is 7.69. The molecule has 134 valence electrons. The maximum Gasteiger partial charge on any atom is 0.255 e. The predicted molar refractivity (Wildman–Crippen MR) is 97.7 cm³/mol. The van der Waals surface area contributed by atoms with Crippen LogP contribution in [0.15, 0.2) is 36.7 Å². The maximum atomic E-state index is 13.1. The number of rotatable bonds is 4. The Kier molecular flexibility index (Phi) is 5.41. The highest BCUT2D eigenvalue weighted by Crippen LogP contribution is 2.31. The van der Waals surface area contributed by atoms with Gasteiger partial charge in [0.2, 0.25) is 5.88 Å². The Morgan fingerprint density at radius 2 is 2.08 bits per heavy atom. The van der Waals surface area contributed by atoms with Gasteiger partial charge in [-0.05, 0) is 44.9 Å². The van der Waals surface area contributed by atoms with Gasteiger partial charge in [-0.1, -0.05) is 12.8 Å². The Labute approximate surface area is 149 Å². The number of carbonyl (C=O) groups excluding carboxylic acids is 1. The Morgan fingerprint density at radius 3 is 2.72 bits per heavy atom. The van der Waals surface area contributed by atoms with Crippen LogP contribution in [0.25, 0.3) is 0 Å². The molecule has 0 bridgehead atoms. The van der Waals surface area contributed by atoms with E-state index < -0.39 is 0 Å². The van der Waals surface area contributed by atoms with E-state index in [4.69, 9.17) is 4.74 Å². The van der Waals surface area contributed by atoms with Crippen LogP contribution in [0.4, 0.5) is 0 Å². The molecule has 0 radical (unpaired) electrons. The molecule has 1 fully saturated rings. The van der Waals surface area contributed by atoms with Crippen LogP contribution in [0.2, 0.25) is 0 Å². The molecule has 3 heterocycles. The van der Waals surface area contributed by atoms with Crippen LogP contribution in [-0.2, 0) is 7.05 Å². The van der Waals surface area contributed by atoms with Gasteiger partial charge in [0.1, 0.15) is 0 Å². The molecule has 1 saturated heterocycles. The third-order valence-corrected chi connectivity index (χ3v) is 4.68. The average Bonchev–Trinajstić information content (AvgIpc) is 2.87. The van der Waals surface area contributed by atoms with E-state index in [-0.39, 0.29) is 18.1 Å². The standard InChI is InChI=1S/C20H27N3O2/c1-15(2)25-19-11-10-16(14-21-19)20(24)23-13-6-4-5-8-18(23)17-9-7-12-22(17)3/h7,9-12,14-15,18H,4-6,8,13H2,1-3H3/t18-/m0/s1. The number of likely N-dealkylation sites (tertiary alicyclic amines) is 1. The number of aromatic nitrogens is 2. The van der Waals surface area contributed by atoms with Crippen LogP contribution < -0.4 is 4.74 Å². The lowest BCUT2D eigenvalue weighted by Crippen LogP contribution is -2.35. The topological polar surface area (TPSA) is 47.4 Å². The zero-order valence-corrected chi connectivity index (χ0v) is 15.3. The second-order valence-electron chi connectivity index (χ2n) is 6.96. The number of aryl methyl sites for hydroxylation is 1. The molecule has 0 aromatic carbocycles. The van der Waals surface area contributed by atoms with E-state index in [0.29, 0.717) is 11.4 Å². The molecule has 0 spiro atoms. The predicted octanol–water partition coefficient (Wildman–Crippen LogP) is 3.96. The molecule has 0 N–H and O–H groups in total. The zero-order chi connectivity index (χ0) is 17.8. The molecule has 1 aliphatic heterocycles. The largest absolute Gasteiger partial charge is 0.475 e. The third kappa shape index (κ3) is 4.03. The van der Waals surface area contributed by atoms with E-state index in [1.807, 2.05) is 44.1 Å². The molecule has 1 atom stereocenters. The van der Waals surface area contributed by atoms with Crippen LogP contribution in [0.3, 0.4) is 0 Å². The molecule has 0 unspecified atom stereocenters. The van der Waals surface area contributed by atoms with Gasteiger partial charge >= 0.3 is 0 Å². The van der Waals surface area contributed by atoms with Crippen molar-refractivity contribution in [3.8, 4) is 5.88 Å². The van der Waals surface area contributed by atoms with E-state index in [2.05, 4.69) is 15.6 Å². The molecule has 0 aliphatic carbocycles. The number of nitrogens with zero attached hydrogens (tertiary/aromatic N) is 3. The minimum absolute atomic E-state index is 0.0525. The fourth-order valence-electron chi connectivity index (χ4n) is 3.46. The van der Waals surface area contributed by atoms with Crippen molar-refractivity contribution in [3.63, 3.8) is 0 Å². The van der Waals surface area contributed by atoms with E-state index in [1.165, 1.54) is 12.1 Å². The lowest BCUT2D eigenvalue weighted by atomic mass is 10.1. The van der Waals surface area contributed by atoms with E-state index in [9.17, 15) is 4.79 Å². The molecule has 1 aliphatic rings. The molecule has 2 aromatic rings. The van der Waals surface area contributed by atoms with Crippen molar-refractivity contribution in [3.05, 3.63) is 47.9 Å². The Balaban J connectivity index is 1.83. The maximum absolute atomic E-state index is 13.1. The van der Waals surface area contributed by atoms with Crippen LogP contribution in [0.1, 0.15) is 61.6 Å². The first-order valence-corrected chi connectivity index (χ1v) is 9.11. The number of pyridine rings is 1. The van der Waals surface area contributed by atoms with Gasteiger partial charge in [0.25, 0.3) is 5.91 Å². The summed E-state index contributed by atoms with van der Waals surface area (Å²) in [4.78, 5) is 19.4. The minimum atomic E-state index is 0.0525. The zero-order valence-electron chi connectivity index (χ0n) is 15.3. The molecule has 2 aromatic heterocycles. The summed E-state index contributed by atoms with van der Waals surface area (Å²) in [7, 11) is 2.04. The summed E-state index contributed by atoms with van der Waals surface area (Å²) in [6.45, 7) is 4.71. The van der Waals surface area contributed by atoms with Gasteiger partial charge in [-0.15, -0.1) is 0 Å². The summed E-state index contributed by atoms with van der Waals surface area (Å²) in [5.74, 6) is 0.609. The summed E-state index contributed by atoms with van der Waals surface area (Å²) in [6.07, 6.45) is 8.13. The van der Waals surface area contributed by atoms with Crippen molar-refractivity contribution in [1.82, 2.24) is 14.5 Å². The first-order valence-electron chi connectivity index (χ1n) is 9.11. The van der Waals surface area contributed by atoms with Gasteiger partial charge in [-0.3, -0.25) is 4.79 Å². The van der Waals surface area contributed by atoms with Gasteiger partial charge in [0.05, 0.1) is 17.7 Å².